The van der Waals surface area contributed by atoms with E-state index < -0.39 is 0 Å². The maximum Gasteiger partial charge on any atom is 0.182 e. The van der Waals surface area contributed by atoms with Gasteiger partial charge in [-0.25, -0.2) is 0 Å². The van der Waals surface area contributed by atoms with Crippen LogP contribution in [0.2, 0.25) is 0 Å². The lowest BCUT2D eigenvalue weighted by Crippen LogP contribution is -2.45. The molecule has 0 amide bonds. The van der Waals surface area contributed by atoms with E-state index in [1.807, 2.05) is 24.3 Å². The summed E-state index contributed by atoms with van der Waals surface area (Å²) in [5, 5.41) is 0. The summed E-state index contributed by atoms with van der Waals surface area (Å²) in [5.41, 5.74) is 1.82. The van der Waals surface area contributed by atoms with Crippen molar-refractivity contribution in [3.63, 3.8) is 0 Å². The van der Waals surface area contributed by atoms with Crippen LogP contribution in [0, 0.1) is 5.92 Å². The highest BCUT2D eigenvalue weighted by molar-refractivity contribution is 6.01. The third-order valence-corrected chi connectivity index (χ3v) is 5.72. The van der Waals surface area contributed by atoms with E-state index in [-0.39, 0.29) is 11.7 Å². The van der Waals surface area contributed by atoms with Crippen LogP contribution in [0.15, 0.2) is 23.9 Å². The fraction of sp³-hybridized carbons (Fsp3) is 0.571. The van der Waals surface area contributed by atoms with Crippen molar-refractivity contribution in [2.75, 3.05) is 59.7 Å². The van der Waals surface area contributed by atoms with Crippen molar-refractivity contribution < 1.29 is 19.0 Å². The first-order valence-electron chi connectivity index (χ1n) is 9.86. The van der Waals surface area contributed by atoms with Gasteiger partial charge in [0.05, 0.1) is 26.0 Å². The average molecular weight is 372 g/mol. The molecule has 4 heterocycles. The smallest absolute Gasteiger partial charge is 0.182 e. The monoisotopic (exact) mass is 372 g/mol. The van der Waals surface area contributed by atoms with Gasteiger partial charge in [-0.2, -0.15) is 0 Å². The summed E-state index contributed by atoms with van der Waals surface area (Å²) in [5.74, 6) is 1.95. The lowest BCUT2D eigenvalue weighted by molar-refractivity contribution is -0.125. The van der Waals surface area contributed by atoms with Gasteiger partial charge < -0.3 is 19.1 Å². The van der Waals surface area contributed by atoms with Crippen LogP contribution in [-0.2, 0) is 9.53 Å². The lowest BCUT2D eigenvalue weighted by Gasteiger charge is -2.41. The molecule has 0 spiro atoms. The highest BCUT2D eigenvalue weighted by Crippen LogP contribution is 2.34. The molecular weight excluding hydrogens is 344 g/mol. The molecule has 146 valence electrons. The fourth-order valence-electron chi connectivity index (χ4n) is 4.07. The molecule has 5 rings (SSSR count). The molecule has 6 heteroatoms. The quantitative estimate of drug-likeness (QED) is 0.713. The molecule has 4 fully saturated rings. The Morgan fingerprint density at radius 3 is 2.63 bits per heavy atom. The van der Waals surface area contributed by atoms with Gasteiger partial charge in [-0.3, -0.25) is 9.69 Å². The van der Waals surface area contributed by atoms with E-state index in [4.69, 9.17) is 14.2 Å². The molecule has 0 aliphatic carbocycles. The second kappa shape index (κ2) is 8.31. The second-order valence-electron chi connectivity index (χ2n) is 7.37. The molecule has 4 aliphatic heterocycles. The minimum Gasteiger partial charge on any atom is -0.493 e. The Hall–Kier alpha value is -2.05. The number of rotatable bonds is 6. The third kappa shape index (κ3) is 4.12. The van der Waals surface area contributed by atoms with Crippen LogP contribution in [0.1, 0.15) is 18.4 Å². The Morgan fingerprint density at radius 1 is 1.15 bits per heavy atom. The molecule has 0 aromatic heterocycles. The van der Waals surface area contributed by atoms with E-state index in [0.29, 0.717) is 12.4 Å². The molecule has 4 aliphatic rings. The van der Waals surface area contributed by atoms with Crippen LogP contribution < -0.4 is 9.47 Å². The van der Waals surface area contributed by atoms with E-state index >= 15 is 0 Å². The van der Waals surface area contributed by atoms with Gasteiger partial charge in [0, 0.05) is 38.6 Å². The summed E-state index contributed by atoms with van der Waals surface area (Å²) in [6.07, 6.45) is 3.98. The maximum atomic E-state index is 12.5. The van der Waals surface area contributed by atoms with Gasteiger partial charge in [-0.15, -0.1) is 0 Å². The number of methoxy groups -OCH3 is 1. The number of nitrogens with zero attached hydrogens (tertiary/aromatic N) is 2. The number of hydrogen-bond acceptors (Lipinski definition) is 6. The molecule has 0 unspecified atom stereocenters. The van der Waals surface area contributed by atoms with Gasteiger partial charge in [0.1, 0.15) is 6.61 Å². The summed E-state index contributed by atoms with van der Waals surface area (Å²) in [4.78, 5) is 17.1. The third-order valence-electron chi connectivity index (χ3n) is 5.72. The first-order chi connectivity index (χ1) is 13.2. The minimum absolute atomic E-state index is 0.214. The van der Waals surface area contributed by atoms with Crippen LogP contribution in [0.5, 0.6) is 11.5 Å². The SMILES string of the molecule is COc1cc(/C=C2/C(=O)C3CCN2CC3)ccc1OCCN1CCOCC1. The number of carbonyl (C=O) groups is 1. The summed E-state index contributed by atoms with van der Waals surface area (Å²) < 4.78 is 16.8. The Bertz CT molecular complexity index is 704. The summed E-state index contributed by atoms with van der Waals surface area (Å²) in [6.45, 7) is 6.97. The van der Waals surface area contributed by atoms with E-state index in [1.165, 1.54) is 0 Å². The van der Waals surface area contributed by atoms with Crippen LogP contribution in [0.4, 0.5) is 0 Å². The van der Waals surface area contributed by atoms with Crippen molar-refractivity contribution in [2.45, 2.75) is 12.8 Å². The molecule has 2 bridgehead atoms. The number of hydrogen-bond donors (Lipinski definition) is 0. The van der Waals surface area contributed by atoms with Crippen LogP contribution in [0.25, 0.3) is 6.08 Å². The second-order valence-corrected chi connectivity index (χ2v) is 7.37. The first-order valence-corrected chi connectivity index (χ1v) is 9.86. The largest absolute Gasteiger partial charge is 0.493 e. The number of carbonyl (C=O) groups excluding carboxylic acids is 1. The Balaban J connectivity index is 1.42. The van der Waals surface area contributed by atoms with Crippen molar-refractivity contribution in [3.8, 4) is 11.5 Å². The number of fused-ring (bicyclic) bond motifs is 3. The van der Waals surface area contributed by atoms with Crippen molar-refractivity contribution in [1.82, 2.24) is 9.80 Å². The van der Waals surface area contributed by atoms with Gasteiger partial charge in [-0.1, -0.05) is 6.07 Å². The van der Waals surface area contributed by atoms with Crippen molar-refractivity contribution in [1.29, 1.82) is 0 Å². The van der Waals surface area contributed by atoms with E-state index in [1.54, 1.807) is 7.11 Å². The van der Waals surface area contributed by atoms with Gasteiger partial charge in [0.25, 0.3) is 0 Å². The lowest BCUT2D eigenvalue weighted by atomic mass is 9.84. The molecule has 4 saturated heterocycles. The molecule has 0 N–H and O–H groups in total. The van der Waals surface area contributed by atoms with E-state index in [9.17, 15) is 4.79 Å². The number of piperidine rings is 3. The van der Waals surface area contributed by atoms with Gasteiger partial charge in [0.2, 0.25) is 0 Å². The highest BCUT2D eigenvalue weighted by Gasteiger charge is 2.36. The normalized spacial score (nSPS) is 22.5. The Labute approximate surface area is 160 Å². The molecule has 6 nitrogen and oxygen atoms in total. The van der Waals surface area contributed by atoms with Gasteiger partial charge >= 0.3 is 0 Å². The number of morpholine rings is 1. The molecule has 0 saturated carbocycles. The first kappa shape index (κ1) is 18.3. The molecule has 27 heavy (non-hydrogen) atoms. The molecule has 0 atom stereocenters. The Kier molecular flexibility index (Phi) is 5.64. The molecule has 0 radical (unpaired) electrons. The van der Waals surface area contributed by atoms with Crippen LogP contribution >= 0.6 is 0 Å². The van der Waals surface area contributed by atoms with Crippen LogP contribution in [0.3, 0.4) is 0 Å². The standard InChI is InChI=1S/C21H28N2O4/c1-25-20-15-16(14-18-21(24)17-4-6-23(18)7-5-17)2-3-19(20)27-13-10-22-8-11-26-12-9-22/h2-3,14-15,17H,4-13H2,1H3/b18-14-. The molecule has 1 aromatic carbocycles. The summed E-state index contributed by atoms with van der Waals surface area (Å²) in [6, 6.07) is 5.88. The van der Waals surface area contributed by atoms with Gasteiger partial charge in [-0.05, 0) is 36.6 Å². The zero-order chi connectivity index (χ0) is 18.6. The highest BCUT2D eigenvalue weighted by atomic mass is 16.5. The summed E-state index contributed by atoms with van der Waals surface area (Å²) in [7, 11) is 1.65. The topological polar surface area (TPSA) is 51.2 Å². The Morgan fingerprint density at radius 2 is 1.93 bits per heavy atom. The average Bonchev–Trinajstić information content (AvgIpc) is 2.72. The number of benzene rings is 1. The maximum absolute atomic E-state index is 12.5. The zero-order valence-corrected chi connectivity index (χ0v) is 16.0. The predicted octanol–water partition coefficient (Wildman–Crippen LogP) is 2.04. The molecule has 1 aromatic rings. The number of ether oxygens (including phenoxy) is 3. The van der Waals surface area contributed by atoms with Crippen molar-refractivity contribution in [2.24, 2.45) is 5.92 Å². The number of allylic oxidation sites excluding steroid dienone is 1. The van der Waals surface area contributed by atoms with E-state index in [0.717, 1.165) is 75.8 Å². The minimum atomic E-state index is 0.214. The number of ketones is 1. The van der Waals surface area contributed by atoms with Crippen molar-refractivity contribution >= 4 is 11.9 Å². The summed E-state index contributed by atoms with van der Waals surface area (Å²) >= 11 is 0. The van der Waals surface area contributed by atoms with E-state index in [2.05, 4.69) is 9.80 Å². The molecular formula is C21H28N2O4. The van der Waals surface area contributed by atoms with Crippen LogP contribution in [-0.4, -0.2) is 75.2 Å². The van der Waals surface area contributed by atoms with Gasteiger partial charge in [0.15, 0.2) is 17.3 Å². The zero-order valence-electron chi connectivity index (χ0n) is 16.0. The predicted molar refractivity (Wildman–Crippen MR) is 103 cm³/mol. The van der Waals surface area contributed by atoms with Crippen molar-refractivity contribution in [3.05, 3.63) is 29.5 Å². The fourth-order valence-corrected chi connectivity index (χ4v) is 4.07. The number of Topliss-reactive ketones (excluding diaryl/α,β-unsaturated/α-hetero) is 1.